The minimum Gasteiger partial charge on any atom is -0.201 e. The Kier molecular flexibility index (Phi) is 0.952. The van der Waals surface area contributed by atoms with Gasteiger partial charge < -0.3 is 0 Å². The molecule has 0 atom stereocenters. The molecule has 9 heavy (non-hydrogen) atoms. The first kappa shape index (κ1) is 6.58. The lowest BCUT2D eigenvalue weighted by Crippen LogP contribution is -2.48. The summed E-state index contributed by atoms with van der Waals surface area (Å²) in [7, 11) is 0. The van der Waals surface area contributed by atoms with E-state index in [4.69, 9.17) is 0 Å². The summed E-state index contributed by atoms with van der Waals surface area (Å²) >= 11 is 0. The van der Waals surface area contributed by atoms with Gasteiger partial charge in [0.1, 0.15) is 0 Å². The van der Waals surface area contributed by atoms with Crippen LogP contribution in [0, 0.1) is 0 Å². The summed E-state index contributed by atoms with van der Waals surface area (Å²) in [5.74, 6) is -6.66. The Morgan fingerprint density at radius 1 is 1.11 bits per heavy atom. The number of hydrogen-bond donors (Lipinski definition) is 0. The molecule has 1 saturated carbocycles. The van der Waals surface area contributed by atoms with Crippen molar-refractivity contribution in [3.63, 3.8) is 0 Å². The van der Waals surface area contributed by atoms with Gasteiger partial charge in [-0.25, -0.2) is 17.6 Å². The maximum atomic E-state index is 11.8. The van der Waals surface area contributed by atoms with E-state index in [-0.39, 0.29) is 0 Å². The standard InChI is InChI=1S/C5H4F4/c1-3-4(6,7)2-5(3,8)9/h1-2H2. The van der Waals surface area contributed by atoms with Gasteiger partial charge in [0.25, 0.3) is 11.8 Å². The van der Waals surface area contributed by atoms with Crippen molar-refractivity contribution in [2.75, 3.05) is 0 Å². The minimum atomic E-state index is -3.33. The molecule has 0 unspecified atom stereocenters. The summed E-state index contributed by atoms with van der Waals surface area (Å²) < 4.78 is 47.4. The van der Waals surface area contributed by atoms with E-state index in [1.165, 1.54) is 0 Å². The second-order valence-corrected chi connectivity index (χ2v) is 2.06. The zero-order valence-corrected chi connectivity index (χ0v) is 4.43. The molecule has 0 spiro atoms. The van der Waals surface area contributed by atoms with Gasteiger partial charge in [0, 0.05) is 0 Å². The van der Waals surface area contributed by atoms with Gasteiger partial charge in [0.2, 0.25) is 0 Å². The van der Waals surface area contributed by atoms with Crippen molar-refractivity contribution in [3.8, 4) is 0 Å². The second-order valence-electron chi connectivity index (χ2n) is 2.06. The molecule has 52 valence electrons. The molecule has 0 aromatic rings. The highest BCUT2D eigenvalue weighted by Crippen LogP contribution is 2.52. The Labute approximate surface area is 49.2 Å². The summed E-state index contributed by atoms with van der Waals surface area (Å²) in [4.78, 5) is 0. The smallest absolute Gasteiger partial charge is 0.201 e. The van der Waals surface area contributed by atoms with Gasteiger partial charge in [0.15, 0.2) is 0 Å². The summed E-state index contributed by atoms with van der Waals surface area (Å²) in [5.41, 5.74) is -1.25. The van der Waals surface area contributed by atoms with E-state index in [9.17, 15) is 17.6 Å². The van der Waals surface area contributed by atoms with Crippen molar-refractivity contribution in [1.82, 2.24) is 0 Å². The van der Waals surface area contributed by atoms with Gasteiger partial charge in [-0.1, -0.05) is 6.58 Å². The van der Waals surface area contributed by atoms with Crippen LogP contribution in [0.4, 0.5) is 17.6 Å². The van der Waals surface area contributed by atoms with E-state index in [0.717, 1.165) is 0 Å². The van der Waals surface area contributed by atoms with Gasteiger partial charge in [-0.05, 0) is 0 Å². The highest BCUT2D eigenvalue weighted by molar-refractivity contribution is 5.28. The first-order valence-electron chi connectivity index (χ1n) is 2.32. The molecule has 0 aromatic carbocycles. The molecule has 4 heteroatoms. The molecule has 0 saturated heterocycles. The molecule has 1 rings (SSSR count). The number of hydrogen-bond acceptors (Lipinski definition) is 0. The van der Waals surface area contributed by atoms with Crippen molar-refractivity contribution in [1.29, 1.82) is 0 Å². The number of allylic oxidation sites excluding steroid dienone is 1. The van der Waals surface area contributed by atoms with E-state index in [1.54, 1.807) is 0 Å². The molecule has 0 aromatic heterocycles. The highest BCUT2D eigenvalue weighted by atomic mass is 19.3. The van der Waals surface area contributed by atoms with E-state index in [1.807, 2.05) is 0 Å². The second kappa shape index (κ2) is 1.30. The van der Waals surface area contributed by atoms with Crippen LogP contribution in [-0.2, 0) is 0 Å². The molecule has 0 amide bonds. The maximum absolute atomic E-state index is 11.8. The molecule has 0 bridgehead atoms. The van der Waals surface area contributed by atoms with Gasteiger partial charge in [0.05, 0.1) is 12.0 Å². The third kappa shape index (κ3) is 0.730. The van der Waals surface area contributed by atoms with Crippen LogP contribution < -0.4 is 0 Å². The zero-order chi connectivity index (χ0) is 7.28. The van der Waals surface area contributed by atoms with Crippen LogP contribution in [0.2, 0.25) is 0 Å². The first-order chi connectivity index (χ1) is 3.86. The Hall–Kier alpha value is -0.540. The third-order valence-corrected chi connectivity index (χ3v) is 1.33. The fraction of sp³-hybridized carbons (Fsp3) is 0.600. The van der Waals surface area contributed by atoms with E-state index in [0.29, 0.717) is 0 Å². The van der Waals surface area contributed by atoms with E-state index >= 15 is 0 Å². The van der Waals surface area contributed by atoms with Crippen molar-refractivity contribution >= 4 is 0 Å². The van der Waals surface area contributed by atoms with Crippen LogP contribution in [0.1, 0.15) is 6.42 Å². The normalized spacial score (nSPS) is 29.6. The average Bonchev–Trinajstić information content (AvgIpc) is 1.63. The summed E-state index contributed by atoms with van der Waals surface area (Å²) in [6.07, 6.45) is -1.38. The topological polar surface area (TPSA) is 0 Å². The van der Waals surface area contributed by atoms with Gasteiger partial charge in [-0.15, -0.1) is 0 Å². The predicted octanol–water partition coefficient (Wildman–Crippen LogP) is 2.22. The number of halogens is 4. The molecule has 0 N–H and O–H groups in total. The summed E-state index contributed by atoms with van der Waals surface area (Å²) in [5, 5.41) is 0. The van der Waals surface area contributed by atoms with Crippen molar-refractivity contribution < 1.29 is 17.6 Å². The van der Waals surface area contributed by atoms with Crippen LogP contribution in [0.25, 0.3) is 0 Å². The van der Waals surface area contributed by atoms with Crippen molar-refractivity contribution in [2.45, 2.75) is 18.3 Å². The molecular weight excluding hydrogens is 136 g/mol. The number of rotatable bonds is 0. The SMILES string of the molecule is C=C1C(F)(F)CC1(F)F. The Balaban J connectivity index is 2.74. The van der Waals surface area contributed by atoms with Gasteiger partial charge in [-0.3, -0.25) is 0 Å². The van der Waals surface area contributed by atoms with E-state index < -0.39 is 23.8 Å². The van der Waals surface area contributed by atoms with Crippen molar-refractivity contribution in [2.24, 2.45) is 0 Å². The average molecular weight is 140 g/mol. The molecule has 0 radical (unpaired) electrons. The fourth-order valence-corrected chi connectivity index (χ4v) is 0.653. The zero-order valence-electron chi connectivity index (χ0n) is 4.43. The van der Waals surface area contributed by atoms with Gasteiger partial charge in [-0.2, -0.15) is 0 Å². The van der Waals surface area contributed by atoms with E-state index in [2.05, 4.69) is 6.58 Å². The number of alkyl halides is 4. The Morgan fingerprint density at radius 2 is 1.44 bits per heavy atom. The minimum absolute atomic E-state index is 1.25. The monoisotopic (exact) mass is 140 g/mol. The fourth-order valence-electron chi connectivity index (χ4n) is 0.653. The highest BCUT2D eigenvalue weighted by Gasteiger charge is 2.62. The molecule has 0 aliphatic heterocycles. The Bertz CT molecular complexity index is 142. The van der Waals surface area contributed by atoms with Crippen LogP contribution in [-0.4, -0.2) is 11.8 Å². The van der Waals surface area contributed by atoms with Crippen LogP contribution >= 0.6 is 0 Å². The largest absolute Gasteiger partial charge is 0.280 e. The molecule has 0 nitrogen and oxygen atoms in total. The lowest BCUT2D eigenvalue weighted by Gasteiger charge is -2.36. The van der Waals surface area contributed by atoms with Crippen LogP contribution in [0.3, 0.4) is 0 Å². The van der Waals surface area contributed by atoms with Crippen LogP contribution in [0.5, 0.6) is 0 Å². The molecule has 1 fully saturated rings. The lowest BCUT2D eigenvalue weighted by atomic mass is 9.84. The molecular formula is C5H4F4. The molecule has 0 heterocycles. The Morgan fingerprint density at radius 3 is 1.44 bits per heavy atom. The maximum Gasteiger partial charge on any atom is 0.280 e. The van der Waals surface area contributed by atoms with Gasteiger partial charge >= 0.3 is 0 Å². The summed E-state index contributed by atoms with van der Waals surface area (Å²) in [6, 6.07) is 0. The molecule has 1 aliphatic carbocycles. The predicted molar refractivity (Wildman–Crippen MR) is 23.7 cm³/mol. The quantitative estimate of drug-likeness (QED) is 0.357. The lowest BCUT2D eigenvalue weighted by molar-refractivity contribution is -0.159. The molecule has 1 aliphatic rings. The third-order valence-electron chi connectivity index (χ3n) is 1.33. The van der Waals surface area contributed by atoms with Crippen LogP contribution in [0.15, 0.2) is 12.2 Å². The summed E-state index contributed by atoms with van der Waals surface area (Å²) in [6.45, 7) is 2.57. The van der Waals surface area contributed by atoms with Crippen molar-refractivity contribution in [3.05, 3.63) is 12.2 Å². The first-order valence-corrected chi connectivity index (χ1v) is 2.32.